The standard InChI is InChI=1S/C9H11NO2.C8H18O5/c10-8(9(11)12)6-7-4-2-1-3-5-7;9-1-3-11-5-7-13-8-6-12-4-2-10/h1-5,8H,6,10H2,(H,11,12);9-10H,1-8H2/t8-;/m0./s1. The Labute approximate surface area is 148 Å². The van der Waals surface area contributed by atoms with Gasteiger partial charge in [0.05, 0.1) is 52.9 Å². The average molecular weight is 359 g/mol. The lowest BCUT2D eigenvalue weighted by Gasteiger charge is -2.04. The van der Waals surface area contributed by atoms with Crippen LogP contribution in [0.15, 0.2) is 30.3 Å². The summed E-state index contributed by atoms with van der Waals surface area (Å²) in [5, 5.41) is 25.2. The van der Waals surface area contributed by atoms with Crippen LogP contribution in [0.4, 0.5) is 0 Å². The van der Waals surface area contributed by atoms with Crippen molar-refractivity contribution in [2.75, 3.05) is 52.9 Å². The van der Waals surface area contributed by atoms with E-state index in [1.165, 1.54) is 0 Å². The van der Waals surface area contributed by atoms with E-state index in [1.807, 2.05) is 30.3 Å². The smallest absolute Gasteiger partial charge is 0.320 e. The van der Waals surface area contributed by atoms with Crippen LogP contribution in [0.2, 0.25) is 0 Å². The summed E-state index contributed by atoms with van der Waals surface area (Å²) in [4.78, 5) is 10.4. The number of ether oxygens (including phenoxy) is 3. The Morgan fingerprint density at radius 3 is 1.72 bits per heavy atom. The molecular weight excluding hydrogens is 330 g/mol. The van der Waals surface area contributed by atoms with Crippen LogP contribution in [0.1, 0.15) is 5.56 Å². The van der Waals surface area contributed by atoms with Crippen molar-refractivity contribution in [2.45, 2.75) is 12.5 Å². The molecule has 5 N–H and O–H groups in total. The van der Waals surface area contributed by atoms with Crippen molar-refractivity contribution in [3.8, 4) is 0 Å². The second kappa shape index (κ2) is 17.3. The molecule has 1 aromatic rings. The number of hydrogen-bond donors (Lipinski definition) is 4. The molecule has 0 amide bonds. The second-order valence-electron chi connectivity index (χ2n) is 4.92. The first-order chi connectivity index (χ1) is 12.1. The third kappa shape index (κ3) is 15.7. The Balaban J connectivity index is 0.000000462. The Kier molecular flexibility index (Phi) is 16.2. The molecule has 0 bridgehead atoms. The Hall–Kier alpha value is -1.55. The van der Waals surface area contributed by atoms with Gasteiger partial charge in [-0.2, -0.15) is 0 Å². The lowest BCUT2D eigenvalue weighted by Crippen LogP contribution is -2.32. The number of hydrogen-bond acceptors (Lipinski definition) is 7. The average Bonchev–Trinajstić information content (AvgIpc) is 2.62. The minimum Gasteiger partial charge on any atom is -0.480 e. The molecular formula is C17H29NO7. The van der Waals surface area contributed by atoms with Gasteiger partial charge in [0.2, 0.25) is 0 Å². The monoisotopic (exact) mass is 359 g/mol. The van der Waals surface area contributed by atoms with Crippen LogP contribution in [-0.4, -0.2) is 80.2 Å². The van der Waals surface area contributed by atoms with E-state index in [2.05, 4.69) is 0 Å². The van der Waals surface area contributed by atoms with E-state index in [0.29, 0.717) is 46.1 Å². The van der Waals surface area contributed by atoms with Gasteiger partial charge < -0.3 is 35.3 Å². The van der Waals surface area contributed by atoms with E-state index >= 15 is 0 Å². The van der Waals surface area contributed by atoms with Gasteiger partial charge in [-0.25, -0.2) is 0 Å². The zero-order valence-electron chi connectivity index (χ0n) is 14.4. The highest BCUT2D eigenvalue weighted by atomic mass is 16.5. The minimum atomic E-state index is -0.959. The van der Waals surface area contributed by atoms with Crippen molar-refractivity contribution in [1.29, 1.82) is 0 Å². The predicted octanol–water partition coefficient (Wildman–Crippen LogP) is -0.338. The summed E-state index contributed by atoms with van der Waals surface area (Å²) in [6.45, 7) is 2.76. The fraction of sp³-hybridized carbons (Fsp3) is 0.588. The van der Waals surface area contributed by atoms with Crippen LogP contribution >= 0.6 is 0 Å². The lowest BCUT2D eigenvalue weighted by atomic mass is 10.1. The Morgan fingerprint density at radius 2 is 1.32 bits per heavy atom. The maximum atomic E-state index is 10.4. The number of carboxylic acids is 1. The molecule has 0 spiro atoms. The van der Waals surface area contributed by atoms with Gasteiger partial charge in [0.25, 0.3) is 0 Å². The quantitative estimate of drug-likeness (QED) is 0.352. The van der Waals surface area contributed by atoms with Gasteiger partial charge in [-0.3, -0.25) is 4.79 Å². The number of nitrogens with two attached hydrogens (primary N) is 1. The molecule has 0 aliphatic heterocycles. The summed E-state index contributed by atoms with van der Waals surface area (Å²) < 4.78 is 15.0. The first-order valence-electron chi connectivity index (χ1n) is 8.09. The van der Waals surface area contributed by atoms with Crippen LogP contribution < -0.4 is 5.73 Å². The van der Waals surface area contributed by atoms with Gasteiger partial charge in [0, 0.05) is 0 Å². The fourth-order valence-corrected chi connectivity index (χ4v) is 1.63. The van der Waals surface area contributed by atoms with Gasteiger partial charge in [-0.05, 0) is 12.0 Å². The normalized spacial score (nSPS) is 11.5. The summed E-state index contributed by atoms with van der Waals surface area (Å²) in [6.07, 6.45) is 0.385. The summed E-state index contributed by atoms with van der Waals surface area (Å²) in [5.41, 5.74) is 6.30. The molecule has 1 aromatic carbocycles. The molecule has 0 aromatic heterocycles. The predicted molar refractivity (Wildman–Crippen MR) is 92.4 cm³/mol. The van der Waals surface area contributed by atoms with E-state index in [-0.39, 0.29) is 13.2 Å². The SMILES string of the molecule is N[C@@H](Cc1ccccc1)C(=O)O.OCCOCCOCCOCCO. The molecule has 0 unspecified atom stereocenters. The van der Waals surface area contributed by atoms with Crippen molar-refractivity contribution in [3.63, 3.8) is 0 Å². The number of carbonyl (C=O) groups is 1. The topological polar surface area (TPSA) is 131 Å². The van der Waals surface area contributed by atoms with E-state index in [0.717, 1.165) is 5.56 Å². The highest BCUT2D eigenvalue weighted by molar-refractivity contribution is 5.73. The number of carboxylic acid groups (broad SMARTS) is 1. The van der Waals surface area contributed by atoms with Crippen molar-refractivity contribution >= 4 is 5.97 Å². The van der Waals surface area contributed by atoms with E-state index in [9.17, 15) is 4.79 Å². The third-order valence-corrected chi connectivity index (χ3v) is 2.83. The largest absolute Gasteiger partial charge is 0.480 e. The number of aliphatic carboxylic acids is 1. The molecule has 0 saturated heterocycles. The van der Waals surface area contributed by atoms with Crippen molar-refractivity contribution in [1.82, 2.24) is 0 Å². The van der Waals surface area contributed by atoms with E-state index in [4.69, 9.17) is 35.3 Å². The van der Waals surface area contributed by atoms with Crippen LogP contribution in [0, 0.1) is 0 Å². The van der Waals surface area contributed by atoms with Crippen molar-refractivity contribution < 1.29 is 34.3 Å². The zero-order valence-corrected chi connectivity index (χ0v) is 14.4. The molecule has 0 heterocycles. The van der Waals surface area contributed by atoms with Crippen molar-refractivity contribution in [2.24, 2.45) is 5.73 Å². The number of aliphatic hydroxyl groups is 2. The molecule has 0 fully saturated rings. The van der Waals surface area contributed by atoms with Crippen LogP contribution in [0.5, 0.6) is 0 Å². The zero-order chi connectivity index (χ0) is 18.8. The second-order valence-corrected chi connectivity index (χ2v) is 4.92. The first kappa shape index (κ1) is 23.4. The molecule has 1 rings (SSSR count). The van der Waals surface area contributed by atoms with Gasteiger partial charge >= 0.3 is 5.97 Å². The Morgan fingerprint density at radius 1 is 0.880 bits per heavy atom. The molecule has 8 nitrogen and oxygen atoms in total. The van der Waals surface area contributed by atoms with Crippen LogP contribution in [-0.2, 0) is 25.4 Å². The van der Waals surface area contributed by atoms with Gasteiger partial charge in [-0.1, -0.05) is 30.3 Å². The van der Waals surface area contributed by atoms with Gasteiger partial charge in [0.15, 0.2) is 0 Å². The van der Waals surface area contributed by atoms with E-state index < -0.39 is 12.0 Å². The van der Waals surface area contributed by atoms with E-state index in [1.54, 1.807) is 0 Å². The Bertz CT molecular complexity index is 407. The highest BCUT2D eigenvalue weighted by Crippen LogP contribution is 2.01. The van der Waals surface area contributed by atoms with Gasteiger partial charge in [0.1, 0.15) is 6.04 Å². The number of rotatable bonds is 13. The molecule has 1 atom stereocenters. The van der Waals surface area contributed by atoms with Crippen molar-refractivity contribution in [3.05, 3.63) is 35.9 Å². The fourth-order valence-electron chi connectivity index (χ4n) is 1.63. The molecule has 8 heteroatoms. The lowest BCUT2D eigenvalue weighted by molar-refractivity contribution is -0.138. The summed E-state index contributed by atoms with van der Waals surface area (Å²) in [6, 6.07) is 8.54. The summed E-state index contributed by atoms with van der Waals surface area (Å²) in [7, 11) is 0. The maximum Gasteiger partial charge on any atom is 0.320 e. The molecule has 25 heavy (non-hydrogen) atoms. The van der Waals surface area contributed by atoms with Crippen LogP contribution in [0.3, 0.4) is 0 Å². The highest BCUT2D eigenvalue weighted by Gasteiger charge is 2.10. The number of aliphatic hydroxyl groups excluding tert-OH is 2. The maximum absolute atomic E-state index is 10.4. The molecule has 0 saturated carbocycles. The molecule has 0 aliphatic rings. The van der Waals surface area contributed by atoms with Gasteiger partial charge in [-0.15, -0.1) is 0 Å². The summed E-state index contributed by atoms with van der Waals surface area (Å²) in [5.74, 6) is -0.959. The first-order valence-corrected chi connectivity index (χ1v) is 8.09. The molecule has 144 valence electrons. The minimum absolute atomic E-state index is 0.0413. The summed E-state index contributed by atoms with van der Waals surface area (Å²) >= 11 is 0. The third-order valence-electron chi connectivity index (χ3n) is 2.83. The number of benzene rings is 1. The van der Waals surface area contributed by atoms with Crippen LogP contribution in [0.25, 0.3) is 0 Å². The molecule has 0 aliphatic carbocycles. The molecule has 0 radical (unpaired) electrons.